The molecule has 0 aromatic rings. The first kappa shape index (κ1) is 10.0. The van der Waals surface area contributed by atoms with Gasteiger partial charge in [-0.3, -0.25) is 0 Å². The van der Waals surface area contributed by atoms with E-state index in [2.05, 4.69) is 0 Å². The summed E-state index contributed by atoms with van der Waals surface area (Å²) in [5.74, 6) is 0. The van der Waals surface area contributed by atoms with Crippen molar-refractivity contribution in [3.8, 4) is 0 Å². The smallest absolute Gasteiger partial charge is 0.0848 e. The number of aliphatic hydroxyl groups is 1. The molecule has 2 bridgehead atoms. The summed E-state index contributed by atoms with van der Waals surface area (Å²) in [6.45, 7) is 4.12. The molecule has 0 spiro atoms. The number of ether oxygens (including phenoxy) is 2. The van der Waals surface area contributed by atoms with E-state index in [1.54, 1.807) is 6.61 Å². The van der Waals surface area contributed by atoms with Crippen LogP contribution in [0.2, 0.25) is 0 Å². The molecule has 0 aromatic carbocycles. The van der Waals surface area contributed by atoms with Gasteiger partial charge >= 0.3 is 0 Å². The monoisotopic (exact) mass is 381 g/mol. The largest absolute Gasteiger partial charge is 0.541 e. The Balaban J connectivity index is 0.000000605. The third-order valence-corrected chi connectivity index (χ3v) is 2.41. The van der Waals surface area contributed by atoms with Gasteiger partial charge in [-0.2, -0.15) is 6.61 Å². The predicted octanol–water partition coefficient (Wildman–Crippen LogP) is 0.0869. The summed E-state index contributed by atoms with van der Waals surface area (Å²) in [7, 11) is 0. The van der Waals surface area contributed by atoms with E-state index in [0.717, 1.165) is 6.42 Å². The van der Waals surface area contributed by atoms with Gasteiger partial charge in [0.1, 0.15) is 0 Å². The molecule has 1 N–H and O–H groups in total. The van der Waals surface area contributed by atoms with Crippen LogP contribution in [0.1, 0.15) is 13.3 Å². The van der Waals surface area contributed by atoms with Gasteiger partial charge in [0.25, 0.3) is 0 Å². The van der Waals surface area contributed by atoms with Crippen LogP contribution in [0.15, 0.2) is 0 Å². The summed E-state index contributed by atoms with van der Waals surface area (Å²) in [4.78, 5) is 0. The van der Waals surface area contributed by atoms with E-state index in [-0.39, 0.29) is 37.2 Å². The maximum Gasteiger partial charge on any atom is 0.0848 e. The quantitative estimate of drug-likeness (QED) is 0.655. The van der Waals surface area contributed by atoms with Crippen molar-refractivity contribution in [3.05, 3.63) is 6.61 Å². The van der Waals surface area contributed by atoms with Crippen LogP contribution < -0.4 is 0 Å². The normalized spacial score (nSPS) is 47.5. The number of hydrogen-bond donors (Lipinski definition) is 1. The molecular weight excluding hydrogens is 370 g/mol. The molecule has 0 aliphatic carbocycles. The van der Waals surface area contributed by atoms with Gasteiger partial charge in [-0.1, -0.05) is 6.92 Å². The van der Waals surface area contributed by atoms with Gasteiger partial charge in [0.15, 0.2) is 0 Å². The van der Waals surface area contributed by atoms with Gasteiger partial charge in [0, 0.05) is 31.1 Å². The Bertz CT molecular complexity index is 143. The third-order valence-electron chi connectivity index (χ3n) is 2.41. The van der Waals surface area contributed by atoms with Crippen LogP contribution in [0, 0.1) is 37.7 Å². The molecule has 3 nitrogen and oxygen atoms in total. The minimum Gasteiger partial charge on any atom is -0.541 e. The molecule has 11 heavy (non-hydrogen) atoms. The van der Waals surface area contributed by atoms with Crippen LogP contribution in [0.5, 0.6) is 0 Å². The number of rotatable bonds is 1. The maximum absolute atomic E-state index is 9.50. The van der Waals surface area contributed by atoms with Crippen molar-refractivity contribution in [3.63, 3.8) is 0 Å². The Hall–Kier alpha value is 0.932. The second kappa shape index (κ2) is 3.35. The molecule has 2 unspecified atom stereocenters. The van der Waals surface area contributed by atoms with Crippen LogP contribution in [0.4, 0.5) is 0 Å². The summed E-state index contributed by atoms with van der Waals surface area (Å²) in [5.41, 5.74) is -0.412. The van der Waals surface area contributed by atoms with Crippen LogP contribution >= 0.6 is 0 Å². The van der Waals surface area contributed by atoms with Gasteiger partial charge in [0.05, 0.1) is 18.3 Å². The van der Waals surface area contributed by atoms with E-state index in [4.69, 9.17) is 9.47 Å². The van der Waals surface area contributed by atoms with Crippen molar-refractivity contribution in [1.82, 2.24) is 0 Å². The zero-order valence-electron chi connectivity index (χ0n) is 6.41. The van der Waals surface area contributed by atoms with E-state index in [1.807, 2.05) is 6.92 Å². The van der Waals surface area contributed by atoms with Gasteiger partial charge in [0.2, 0.25) is 0 Å². The molecule has 62 valence electrons. The fourth-order valence-electron chi connectivity index (χ4n) is 1.53. The second-order valence-corrected chi connectivity index (χ2v) is 2.89. The Kier molecular flexibility index (Phi) is 3.05. The molecule has 2 fully saturated rings. The van der Waals surface area contributed by atoms with Crippen molar-refractivity contribution in [2.75, 3.05) is 6.61 Å². The minimum atomic E-state index is -0.447. The molecule has 0 amide bonds. The topological polar surface area (TPSA) is 38.7 Å². The van der Waals surface area contributed by atoms with Gasteiger partial charge < -0.3 is 14.6 Å². The molecule has 0 saturated carbocycles. The van der Waals surface area contributed by atoms with Crippen molar-refractivity contribution >= 4 is 0 Å². The fourth-order valence-corrected chi connectivity index (χ4v) is 1.53. The van der Waals surface area contributed by atoms with Crippen molar-refractivity contribution < 1.29 is 45.7 Å². The van der Waals surface area contributed by atoms with Crippen molar-refractivity contribution in [2.24, 2.45) is 0 Å². The number of aliphatic hydroxyl groups excluding tert-OH is 1. The molecule has 2 rings (SSSR count). The Morgan fingerprint density at radius 2 is 2.45 bits per heavy atom. The van der Waals surface area contributed by atoms with E-state index in [0.29, 0.717) is 6.61 Å². The second-order valence-electron chi connectivity index (χ2n) is 2.89. The average molecular weight is 381 g/mol. The summed E-state index contributed by atoms with van der Waals surface area (Å²) in [5, 5.41) is 9.50. The first-order chi connectivity index (χ1) is 4.78. The standard InChI is InChI=1S/C7H11O3.U/c1-2-7-4-9-5(3-10-7)6(7)8;/h3,5-6,8H,2,4H2,1H3;/q-1;/t5?,6?,7-;/m0./s1. The SMILES string of the molecule is CC[C@@]12COC([CH-]O1)C2O.[U]. The molecule has 0 radical (unpaired) electrons. The average Bonchev–Trinajstić information content (AvgIpc) is 2.46. The molecular formula is C7H11O3U-. The zero-order chi connectivity index (χ0) is 7.19. The molecule has 4 heteroatoms. The molecule has 2 saturated heterocycles. The Morgan fingerprint density at radius 1 is 1.73 bits per heavy atom. The van der Waals surface area contributed by atoms with Crippen LogP contribution in [-0.2, 0) is 9.47 Å². The molecule has 2 aliphatic heterocycles. The van der Waals surface area contributed by atoms with Gasteiger partial charge in [-0.15, -0.1) is 0 Å². The van der Waals surface area contributed by atoms with Crippen LogP contribution in [0.25, 0.3) is 0 Å². The Labute approximate surface area is 89.8 Å². The number of fused-ring (bicyclic) bond motifs is 2. The van der Waals surface area contributed by atoms with Crippen molar-refractivity contribution in [2.45, 2.75) is 31.2 Å². The van der Waals surface area contributed by atoms with Crippen LogP contribution in [0.3, 0.4) is 0 Å². The third kappa shape index (κ3) is 1.30. The maximum atomic E-state index is 9.50. The van der Waals surface area contributed by atoms with E-state index < -0.39 is 11.7 Å². The molecule has 2 heterocycles. The van der Waals surface area contributed by atoms with E-state index in [9.17, 15) is 5.11 Å². The molecule has 3 atom stereocenters. The first-order valence-electron chi connectivity index (χ1n) is 3.59. The van der Waals surface area contributed by atoms with E-state index in [1.165, 1.54) is 0 Å². The predicted molar refractivity (Wildman–Crippen MR) is 34.2 cm³/mol. The molecule has 0 aromatic heterocycles. The first-order valence-corrected chi connectivity index (χ1v) is 3.59. The Morgan fingerprint density at radius 3 is 2.64 bits per heavy atom. The summed E-state index contributed by atoms with van der Waals surface area (Å²) in [6, 6.07) is 0. The summed E-state index contributed by atoms with van der Waals surface area (Å²) in [6.07, 6.45) is 0.179. The van der Waals surface area contributed by atoms with Crippen molar-refractivity contribution in [1.29, 1.82) is 0 Å². The number of hydrogen-bond acceptors (Lipinski definition) is 3. The van der Waals surface area contributed by atoms with Gasteiger partial charge in [-0.25, -0.2) is 0 Å². The minimum absolute atomic E-state index is 0. The fraction of sp³-hybridized carbons (Fsp3) is 0.857. The zero-order valence-corrected chi connectivity index (χ0v) is 10.6. The summed E-state index contributed by atoms with van der Waals surface area (Å²) < 4.78 is 10.5. The van der Waals surface area contributed by atoms with E-state index >= 15 is 0 Å². The van der Waals surface area contributed by atoms with Crippen LogP contribution in [-0.4, -0.2) is 29.5 Å². The summed E-state index contributed by atoms with van der Waals surface area (Å²) >= 11 is 0. The molecule has 2 aliphatic rings. The van der Waals surface area contributed by atoms with Gasteiger partial charge in [-0.05, 0) is 12.5 Å².